The lowest BCUT2D eigenvalue weighted by Crippen LogP contribution is -2.51. The zero-order chi connectivity index (χ0) is 17.9. The van der Waals surface area contributed by atoms with Crippen molar-refractivity contribution < 1.29 is 0 Å². The number of hydrogen-bond donors (Lipinski definition) is 2. The van der Waals surface area contributed by atoms with Crippen LogP contribution in [0.3, 0.4) is 0 Å². The Kier molecular flexibility index (Phi) is 7.28. The van der Waals surface area contributed by atoms with Crippen LogP contribution in [0.1, 0.15) is 51.4 Å². The van der Waals surface area contributed by atoms with Gasteiger partial charge in [-0.3, -0.25) is 9.67 Å². The van der Waals surface area contributed by atoms with Crippen LogP contribution in [0.25, 0.3) is 0 Å². The van der Waals surface area contributed by atoms with Crippen LogP contribution in [0.4, 0.5) is 5.69 Å². The van der Waals surface area contributed by atoms with Crippen LogP contribution in [-0.4, -0.2) is 48.0 Å². The first-order valence-electron chi connectivity index (χ1n) is 10.5. The SMILES string of the molecule is CN=C(NC1CCCN(c2cnn(C)c2)C1)NC1CC1C1CCCCC1.I. The molecule has 0 amide bonds. The maximum absolute atomic E-state index is 4.50. The Hall–Kier alpha value is -0.990. The van der Waals surface area contributed by atoms with E-state index in [1.807, 2.05) is 25.0 Å². The van der Waals surface area contributed by atoms with E-state index in [2.05, 4.69) is 31.8 Å². The van der Waals surface area contributed by atoms with Crippen molar-refractivity contribution in [2.75, 3.05) is 25.0 Å². The van der Waals surface area contributed by atoms with E-state index in [1.165, 1.54) is 57.1 Å². The Bertz CT molecular complexity index is 624. The average molecular weight is 486 g/mol. The highest BCUT2D eigenvalue weighted by Crippen LogP contribution is 2.44. The van der Waals surface area contributed by atoms with Crippen molar-refractivity contribution in [2.45, 2.75) is 63.5 Å². The Morgan fingerprint density at radius 3 is 2.67 bits per heavy atom. The summed E-state index contributed by atoms with van der Waals surface area (Å²) in [5, 5.41) is 11.7. The third kappa shape index (κ3) is 5.29. The second-order valence-electron chi connectivity index (χ2n) is 8.42. The molecule has 1 aromatic rings. The molecule has 0 spiro atoms. The fraction of sp³-hybridized carbons (Fsp3) is 0.800. The van der Waals surface area contributed by atoms with Crippen molar-refractivity contribution in [1.29, 1.82) is 0 Å². The highest BCUT2D eigenvalue weighted by Gasteiger charge is 2.43. The van der Waals surface area contributed by atoms with E-state index in [0.29, 0.717) is 12.1 Å². The van der Waals surface area contributed by atoms with Gasteiger partial charge in [-0.25, -0.2) is 0 Å². The van der Waals surface area contributed by atoms with Crippen LogP contribution in [0.5, 0.6) is 0 Å². The minimum atomic E-state index is 0. The molecular weight excluding hydrogens is 451 g/mol. The largest absolute Gasteiger partial charge is 0.367 e. The first kappa shape index (κ1) is 20.7. The zero-order valence-electron chi connectivity index (χ0n) is 16.7. The zero-order valence-corrected chi connectivity index (χ0v) is 19.1. The molecule has 0 bridgehead atoms. The Balaban J connectivity index is 0.00000210. The number of aryl methyl sites for hydroxylation is 1. The standard InChI is InChI=1S/C20H34N6.HI/c1-21-20(24-19-11-18(19)15-7-4-3-5-8-15)23-16-9-6-10-26(13-16)17-12-22-25(2)14-17;/h12,14-16,18-19H,3-11,13H2,1-2H3,(H2,21,23,24);1H. The maximum Gasteiger partial charge on any atom is 0.191 e. The molecule has 7 heteroatoms. The first-order valence-corrected chi connectivity index (χ1v) is 10.5. The van der Waals surface area contributed by atoms with Gasteiger partial charge in [-0.2, -0.15) is 5.10 Å². The van der Waals surface area contributed by atoms with Gasteiger partial charge < -0.3 is 15.5 Å². The number of aromatic nitrogens is 2. The van der Waals surface area contributed by atoms with Gasteiger partial charge in [-0.1, -0.05) is 32.1 Å². The molecule has 1 aliphatic heterocycles. The van der Waals surface area contributed by atoms with Crippen LogP contribution in [0.15, 0.2) is 17.4 Å². The van der Waals surface area contributed by atoms with Gasteiger partial charge in [0.2, 0.25) is 0 Å². The third-order valence-electron chi connectivity index (χ3n) is 6.46. The second-order valence-corrected chi connectivity index (χ2v) is 8.42. The molecule has 1 saturated heterocycles. The summed E-state index contributed by atoms with van der Waals surface area (Å²) in [5.74, 6) is 2.83. The van der Waals surface area contributed by atoms with Crippen LogP contribution in [0.2, 0.25) is 0 Å². The van der Waals surface area contributed by atoms with Crippen LogP contribution in [0, 0.1) is 11.8 Å². The molecule has 3 fully saturated rings. The van der Waals surface area contributed by atoms with Crippen molar-refractivity contribution >= 4 is 35.6 Å². The molecule has 152 valence electrons. The number of guanidine groups is 1. The lowest BCUT2D eigenvalue weighted by molar-refractivity contribution is 0.315. The van der Waals surface area contributed by atoms with Gasteiger partial charge in [-0.15, -0.1) is 24.0 Å². The number of nitrogens with one attached hydrogen (secondary N) is 2. The van der Waals surface area contributed by atoms with Crippen LogP contribution >= 0.6 is 24.0 Å². The number of rotatable bonds is 4. The van der Waals surface area contributed by atoms with Crippen molar-refractivity contribution in [1.82, 2.24) is 20.4 Å². The van der Waals surface area contributed by atoms with E-state index in [4.69, 9.17) is 0 Å². The van der Waals surface area contributed by atoms with E-state index in [1.54, 1.807) is 0 Å². The van der Waals surface area contributed by atoms with Crippen molar-refractivity contribution in [3.63, 3.8) is 0 Å². The summed E-state index contributed by atoms with van der Waals surface area (Å²) in [6.07, 6.45) is 15.0. The van der Waals surface area contributed by atoms with Gasteiger partial charge in [0, 0.05) is 45.5 Å². The second kappa shape index (κ2) is 9.47. The number of nitrogens with zero attached hydrogens (tertiary/aromatic N) is 4. The predicted molar refractivity (Wildman–Crippen MR) is 122 cm³/mol. The molecule has 0 radical (unpaired) electrons. The molecule has 0 aromatic carbocycles. The minimum Gasteiger partial charge on any atom is -0.367 e. The van der Waals surface area contributed by atoms with E-state index < -0.39 is 0 Å². The van der Waals surface area contributed by atoms with Crippen molar-refractivity contribution in [2.24, 2.45) is 23.9 Å². The van der Waals surface area contributed by atoms with Gasteiger partial charge in [0.25, 0.3) is 0 Å². The molecule has 4 rings (SSSR count). The number of anilines is 1. The fourth-order valence-corrected chi connectivity index (χ4v) is 4.90. The van der Waals surface area contributed by atoms with Gasteiger partial charge >= 0.3 is 0 Å². The van der Waals surface area contributed by atoms with Crippen molar-refractivity contribution in [3.8, 4) is 0 Å². The fourth-order valence-electron chi connectivity index (χ4n) is 4.90. The topological polar surface area (TPSA) is 57.5 Å². The highest BCUT2D eigenvalue weighted by molar-refractivity contribution is 14.0. The lowest BCUT2D eigenvalue weighted by Gasteiger charge is -2.34. The molecular formula is C20H35IN6. The van der Waals surface area contributed by atoms with Gasteiger partial charge in [0.15, 0.2) is 5.96 Å². The smallest absolute Gasteiger partial charge is 0.191 e. The number of halogens is 1. The summed E-state index contributed by atoms with van der Waals surface area (Å²) in [6, 6.07) is 1.09. The maximum atomic E-state index is 4.50. The average Bonchev–Trinajstić information content (AvgIpc) is 3.31. The van der Waals surface area contributed by atoms with E-state index in [-0.39, 0.29) is 24.0 Å². The molecule has 1 aromatic heterocycles. The summed E-state index contributed by atoms with van der Waals surface area (Å²) in [6.45, 7) is 2.13. The molecule has 3 unspecified atom stereocenters. The summed E-state index contributed by atoms with van der Waals surface area (Å²) >= 11 is 0. The minimum absolute atomic E-state index is 0. The normalized spacial score (nSPS) is 29.2. The monoisotopic (exact) mass is 486 g/mol. The molecule has 2 saturated carbocycles. The summed E-state index contributed by atoms with van der Waals surface area (Å²) < 4.78 is 1.88. The van der Waals surface area contributed by atoms with E-state index in [9.17, 15) is 0 Å². The lowest BCUT2D eigenvalue weighted by atomic mass is 9.85. The predicted octanol–water partition coefficient (Wildman–Crippen LogP) is 3.14. The number of hydrogen-bond acceptors (Lipinski definition) is 3. The molecule has 2 aliphatic carbocycles. The highest BCUT2D eigenvalue weighted by atomic mass is 127. The van der Waals surface area contributed by atoms with E-state index in [0.717, 1.165) is 30.9 Å². The molecule has 2 heterocycles. The molecule has 27 heavy (non-hydrogen) atoms. The quantitative estimate of drug-likeness (QED) is 0.390. The molecule has 2 N–H and O–H groups in total. The molecule has 3 atom stereocenters. The van der Waals surface area contributed by atoms with Crippen LogP contribution in [-0.2, 0) is 7.05 Å². The molecule has 6 nitrogen and oxygen atoms in total. The number of aliphatic imine (C=N–C) groups is 1. The summed E-state index contributed by atoms with van der Waals surface area (Å²) in [4.78, 5) is 6.94. The first-order chi connectivity index (χ1) is 12.7. The third-order valence-corrected chi connectivity index (χ3v) is 6.46. The van der Waals surface area contributed by atoms with Crippen LogP contribution < -0.4 is 15.5 Å². The van der Waals surface area contributed by atoms with Gasteiger partial charge in [-0.05, 0) is 31.1 Å². The van der Waals surface area contributed by atoms with Crippen molar-refractivity contribution in [3.05, 3.63) is 12.4 Å². The Morgan fingerprint density at radius 2 is 1.96 bits per heavy atom. The summed E-state index contributed by atoms with van der Waals surface area (Å²) in [7, 11) is 3.88. The Labute approximate surface area is 180 Å². The van der Waals surface area contributed by atoms with E-state index >= 15 is 0 Å². The summed E-state index contributed by atoms with van der Waals surface area (Å²) in [5.41, 5.74) is 1.22. The number of piperidine rings is 1. The van der Waals surface area contributed by atoms with Gasteiger partial charge in [0.1, 0.15) is 0 Å². The Morgan fingerprint density at radius 1 is 1.15 bits per heavy atom. The van der Waals surface area contributed by atoms with Gasteiger partial charge in [0.05, 0.1) is 11.9 Å². The molecule has 3 aliphatic rings.